The summed E-state index contributed by atoms with van der Waals surface area (Å²) in [7, 11) is 0. The average Bonchev–Trinajstić information content (AvgIpc) is 2.89. The molecular formula is C14H17FN2O2. The number of amides is 2. The maximum atomic E-state index is 13.3. The number of carbonyl (C=O) groups is 2. The van der Waals surface area contributed by atoms with Gasteiger partial charge in [0.15, 0.2) is 0 Å². The molecule has 2 N–H and O–H groups in total. The van der Waals surface area contributed by atoms with E-state index in [2.05, 4.69) is 10.6 Å². The Kier molecular flexibility index (Phi) is 4.49. The van der Waals surface area contributed by atoms with Gasteiger partial charge in [0, 0.05) is 6.04 Å². The molecule has 0 atom stereocenters. The van der Waals surface area contributed by atoms with E-state index in [1.807, 2.05) is 0 Å². The van der Waals surface area contributed by atoms with Gasteiger partial charge in [-0.2, -0.15) is 0 Å². The fourth-order valence-electron chi connectivity index (χ4n) is 2.25. The van der Waals surface area contributed by atoms with Gasteiger partial charge in [-0.15, -0.1) is 0 Å². The van der Waals surface area contributed by atoms with Crippen molar-refractivity contribution in [2.24, 2.45) is 0 Å². The zero-order valence-corrected chi connectivity index (χ0v) is 10.6. The molecule has 1 aliphatic carbocycles. The van der Waals surface area contributed by atoms with Gasteiger partial charge < -0.3 is 10.6 Å². The quantitative estimate of drug-likeness (QED) is 0.868. The van der Waals surface area contributed by atoms with Crippen LogP contribution in [0.1, 0.15) is 36.0 Å². The zero-order valence-electron chi connectivity index (χ0n) is 10.6. The number of benzene rings is 1. The number of carbonyl (C=O) groups excluding carboxylic acids is 2. The van der Waals surface area contributed by atoms with Gasteiger partial charge in [-0.25, -0.2) is 4.39 Å². The summed E-state index contributed by atoms with van der Waals surface area (Å²) in [6, 6.07) is 5.92. The Bertz CT molecular complexity index is 470. The summed E-state index contributed by atoms with van der Waals surface area (Å²) in [5, 5.41) is 5.28. The average molecular weight is 264 g/mol. The maximum Gasteiger partial charge on any atom is 0.254 e. The van der Waals surface area contributed by atoms with Crippen molar-refractivity contribution in [2.75, 3.05) is 6.54 Å². The van der Waals surface area contributed by atoms with Crippen LogP contribution in [0.4, 0.5) is 4.39 Å². The van der Waals surface area contributed by atoms with E-state index in [9.17, 15) is 14.0 Å². The third-order valence-corrected chi connectivity index (χ3v) is 3.25. The molecule has 0 spiro atoms. The molecule has 2 rings (SSSR count). The summed E-state index contributed by atoms with van der Waals surface area (Å²) < 4.78 is 13.3. The van der Waals surface area contributed by atoms with E-state index in [4.69, 9.17) is 0 Å². The third kappa shape index (κ3) is 3.77. The van der Waals surface area contributed by atoms with Crippen molar-refractivity contribution in [3.63, 3.8) is 0 Å². The molecule has 0 aliphatic heterocycles. The molecule has 1 aliphatic rings. The Labute approximate surface area is 111 Å². The van der Waals surface area contributed by atoms with Crippen LogP contribution < -0.4 is 10.6 Å². The highest BCUT2D eigenvalue weighted by Gasteiger charge is 2.18. The summed E-state index contributed by atoms with van der Waals surface area (Å²) >= 11 is 0. The van der Waals surface area contributed by atoms with E-state index < -0.39 is 11.7 Å². The van der Waals surface area contributed by atoms with Crippen LogP contribution in [0.25, 0.3) is 0 Å². The number of halogens is 1. The van der Waals surface area contributed by atoms with Gasteiger partial charge in [-0.05, 0) is 25.0 Å². The normalized spacial score (nSPS) is 15.2. The summed E-state index contributed by atoms with van der Waals surface area (Å²) in [6.07, 6.45) is 4.25. The molecule has 1 fully saturated rings. The number of rotatable bonds is 4. The molecule has 0 radical (unpaired) electrons. The first-order chi connectivity index (χ1) is 9.16. The second kappa shape index (κ2) is 6.31. The fraction of sp³-hybridized carbons (Fsp3) is 0.429. The van der Waals surface area contributed by atoms with Crippen LogP contribution in [0.15, 0.2) is 24.3 Å². The Balaban J connectivity index is 1.80. The second-order valence-corrected chi connectivity index (χ2v) is 4.71. The van der Waals surface area contributed by atoms with E-state index in [0.29, 0.717) is 0 Å². The Morgan fingerprint density at radius 2 is 1.89 bits per heavy atom. The lowest BCUT2D eigenvalue weighted by molar-refractivity contribution is -0.120. The predicted octanol–water partition coefficient (Wildman–Crippen LogP) is 1.61. The van der Waals surface area contributed by atoms with E-state index in [1.54, 1.807) is 6.07 Å². The van der Waals surface area contributed by atoms with Crippen LogP contribution in [-0.2, 0) is 4.79 Å². The highest BCUT2D eigenvalue weighted by atomic mass is 19.1. The third-order valence-electron chi connectivity index (χ3n) is 3.25. The zero-order chi connectivity index (χ0) is 13.7. The Morgan fingerprint density at radius 3 is 2.58 bits per heavy atom. The molecule has 0 heterocycles. The number of nitrogens with one attached hydrogen (secondary N) is 2. The SMILES string of the molecule is O=C(CNC(=O)c1ccccc1F)NC1CCCC1. The highest BCUT2D eigenvalue weighted by Crippen LogP contribution is 2.17. The van der Waals surface area contributed by atoms with Gasteiger partial charge >= 0.3 is 0 Å². The minimum atomic E-state index is -0.587. The molecule has 5 heteroatoms. The summed E-state index contributed by atoms with van der Waals surface area (Å²) in [6.45, 7) is -0.121. The number of hydrogen-bond donors (Lipinski definition) is 2. The summed E-state index contributed by atoms with van der Waals surface area (Å²) in [5.41, 5.74) is -0.0452. The van der Waals surface area contributed by atoms with Crippen molar-refractivity contribution in [1.29, 1.82) is 0 Å². The number of hydrogen-bond acceptors (Lipinski definition) is 2. The van der Waals surface area contributed by atoms with E-state index in [-0.39, 0.29) is 24.1 Å². The lowest BCUT2D eigenvalue weighted by atomic mass is 10.2. The lowest BCUT2D eigenvalue weighted by Gasteiger charge is -2.12. The van der Waals surface area contributed by atoms with Crippen LogP contribution in [0.3, 0.4) is 0 Å². The first kappa shape index (κ1) is 13.5. The van der Waals surface area contributed by atoms with Crippen molar-refractivity contribution < 1.29 is 14.0 Å². The van der Waals surface area contributed by atoms with E-state index >= 15 is 0 Å². The molecule has 0 bridgehead atoms. The first-order valence-electron chi connectivity index (χ1n) is 6.49. The molecule has 19 heavy (non-hydrogen) atoms. The monoisotopic (exact) mass is 264 g/mol. The van der Waals surface area contributed by atoms with Gasteiger partial charge in [0.2, 0.25) is 5.91 Å². The molecule has 2 amide bonds. The molecular weight excluding hydrogens is 247 g/mol. The topological polar surface area (TPSA) is 58.2 Å². The highest BCUT2D eigenvalue weighted by molar-refractivity contribution is 5.96. The fourth-order valence-corrected chi connectivity index (χ4v) is 2.25. The Hall–Kier alpha value is -1.91. The predicted molar refractivity (Wildman–Crippen MR) is 69.1 cm³/mol. The van der Waals surface area contributed by atoms with Crippen molar-refractivity contribution >= 4 is 11.8 Å². The smallest absolute Gasteiger partial charge is 0.254 e. The van der Waals surface area contributed by atoms with Crippen LogP contribution in [0.2, 0.25) is 0 Å². The van der Waals surface area contributed by atoms with Crippen LogP contribution in [0, 0.1) is 5.82 Å². The van der Waals surface area contributed by atoms with Crippen molar-refractivity contribution in [3.8, 4) is 0 Å². The first-order valence-corrected chi connectivity index (χ1v) is 6.49. The van der Waals surface area contributed by atoms with Crippen LogP contribution in [0.5, 0.6) is 0 Å². The van der Waals surface area contributed by atoms with Gasteiger partial charge in [-0.3, -0.25) is 9.59 Å². The van der Waals surface area contributed by atoms with Crippen LogP contribution in [-0.4, -0.2) is 24.4 Å². The van der Waals surface area contributed by atoms with E-state index in [1.165, 1.54) is 18.2 Å². The molecule has 4 nitrogen and oxygen atoms in total. The minimum absolute atomic E-state index is 0.0452. The van der Waals surface area contributed by atoms with Crippen molar-refractivity contribution in [2.45, 2.75) is 31.7 Å². The van der Waals surface area contributed by atoms with Gasteiger partial charge in [0.1, 0.15) is 5.82 Å². The molecule has 1 aromatic carbocycles. The molecule has 0 saturated heterocycles. The molecule has 1 aromatic rings. The van der Waals surface area contributed by atoms with Crippen molar-refractivity contribution in [1.82, 2.24) is 10.6 Å². The molecule has 1 saturated carbocycles. The largest absolute Gasteiger partial charge is 0.352 e. The Morgan fingerprint density at radius 1 is 1.21 bits per heavy atom. The minimum Gasteiger partial charge on any atom is -0.352 e. The van der Waals surface area contributed by atoms with Gasteiger partial charge in [0.25, 0.3) is 5.91 Å². The molecule has 0 aromatic heterocycles. The molecule has 102 valence electrons. The van der Waals surface area contributed by atoms with Crippen molar-refractivity contribution in [3.05, 3.63) is 35.6 Å². The maximum absolute atomic E-state index is 13.3. The second-order valence-electron chi connectivity index (χ2n) is 4.71. The molecule has 0 unspecified atom stereocenters. The summed E-state index contributed by atoms with van der Waals surface area (Å²) in [5.74, 6) is -1.38. The summed E-state index contributed by atoms with van der Waals surface area (Å²) in [4.78, 5) is 23.3. The van der Waals surface area contributed by atoms with Crippen LogP contribution >= 0.6 is 0 Å². The standard InChI is InChI=1S/C14H17FN2O2/c15-12-8-4-3-7-11(12)14(19)16-9-13(18)17-10-5-1-2-6-10/h3-4,7-8,10H,1-2,5-6,9H2,(H,16,19)(H,17,18). The van der Waals surface area contributed by atoms with E-state index in [0.717, 1.165) is 25.7 Å². The lowest BCUT2D eigenvalue weighted by Crippen LogP contribution is -2.41. The van der Waals surface area contributed by atoms with Gasteiger partial charge in [-0.1, -0.05) is 25.0 Å². The van der Waals surface area contributed by atoms with Gasteiger partial charge in [0.05, 0.1) is 12.1 Å².